The summed E-state index contributed by atoms with van der Waals surface area (Å²) in [6, 6.07) is 11.6. The molecule has 0 aliphatic rings. The van der Waals surface area contributed by atoms with E-state index in [0.29, 0.717) is 30.9 Å². The fraction of sp³-hybridized carbons (Fsp3) is 0.381. The highest BCUT2D eigenvalue weighted by molar-refractivity contribution is 7.89. The summed E-state index contributed by atoms with van der Waals surface area (Å²) < 4.78 is 32.3. The van der Waals surface area contributed by atoms with Crippen LogP contribution in [0.1, 0.15) is 43.1 Å². The van der Waals surface area contributed by atoms with E-state index in [4.69, 9.17) is 4.74 Å². The first-order valence-electron chi connectivity index (χ1n) is 9.48. The second-order valence-electron chi connectivity index (χ2n) is 6.40. The number of ether oxygens (including phenoxy) is 1. The molecule has 0 atom stereocenters. The minimum Gasteiger partial charge on any atom is -0.494 e. The molecule has 0 unspecified atom stereocenters. The molecule has 28 heavy (non-hydrogen) atoms. The van der Waals surface area contributed by atoms with Gasteiger partial charge in [-0.2, -0.15) is 4.31 Å². The quantitative estimate of drug-likeness (QED) is 0.684. The van der Waals surface area contributed by atoms with Gasteiger partial charge in [0.05, 0.1) is 11.5 Å². The fourth-order valence-electron chi connectivity index (χ4n) is 2.79. The van der Waals surface area contributed by atoms with Gasteiger partial charge < -0.3 is 10.1 Å². The highest BCUT2D eigenvalue weighted by atomic mass is 32.2. The van der Waals surface area contributed by atoms with E-state index in [1.165, 1.54) is 16.4 Å². The van der Waals surface area contributed by atoms with Crippen LogP contribution in [0.2, 0.25) is 0 Å². The molecule has 0 aliphatic carbocycles. The lowest BCUT2D eigenvalue weighted by Crippen LogP contribution is -2.30. The molecule has 2 aromatic carbocycles. The minimum absolute atomic E-state index is 0.115. The summed E-state index contributed by atoms with van der Waals surface area (Å²) in [6.07, 6.45) is 0.921. The molecule has 0 fully saturated rings. The highest BCUT2D eigenvalue weighted by Gasteiger charge is 2.22. The lowest BCUT2D eigenvalue weighted by Gasteiger charge is -2.18. The lowest BCUT2D eigenvalue weighted by molar-refractivity contribution is 0.102. The average molecular weight is 405 g/mol. The average Bonchev–Trinajstić information content (AvgIpc) is 2.69. The SMILES string of the molecule is CCCOc1ccc(NC(=O)c2cccc(S(=O)(=O)N(CC)CC)c2)c(C)c1. The van der Waals surface area contributed by atoms with E-state index in [1.54, 1.807) is 38.1 Å². The molecule has 1 amide bonds. The number of benzene rings is 2. The Hall–Kier alpha value is -2.38. The van der Waals surface area contributed by atoms with E-state index in [-0.39, 0.29) is 10.8 Å². The molecule has 152 valence electrons. The number of anilines is 1. The van der Waals surface area contributed by atoms with Gasteiger partial charge in [-0.15, -0.1) is 0 Å². The van der Waals surface area contributed by atoms with Crippen molar-refractivity contribution in [1.29, 1.82) is 0 Å². The molecule has 2 rings (SSSR count). The molecule has 0 aromatic heterocycles. The maximum Gasteiger partial charge on any atom is 0.255 e. The van der Waals surface area contributed by atoms with Crippen LogP contribution in [-0.2, 0) is 10.0 Å². The monoisotopic (exact) mass is 404 g/mol. The van der Waals surface area contributed by atoms with Crippen molar-refractivity contribution in [3.8, 4) is 5.75 Å². The van der Waals surface area contributed by atoms with E-state index < -0.39 is 10.0 Å². The topological polar surface area (TPSA) is 75.7 Å². The van der Waals surface area contributed by atoms with Crippen LogP contribution in [-0.4, -0.2) is 38.3 Å². The molecule has 0 spiro atoms. The number of hydrogen-bond donors (Lipinski definition) is 1. The zero-order chi connectivity index (χ0) is 20.7. The number of carbonyl (C=O) groups is 1. The van der Waals surface area contributed by atoms with Gasteiger partial charge in [-0.1, -0.05) is 26.8 Å². The van der Waals surface area contributed by atoms with Crippen LogP contribution in [0.5, 0.6) is 5.75 Å². The van der Waals surface area contributed by atoms with E-state index in [9.17, 15) is 13.2 Å². The van der Waals surface area contributed by atoms with Crippen molar-refractivity contribution in [2.75, 3.05) is 25.0 Å². The second-order valence-corrected chi connectivity index (χ2v) is 8.33. The molecule has 7 heteroatoms. The number of amides is 1. The molecule has 0 aliphatic heterocycles. The fourth-order valence-corrected chi connectivity index (χ4v) is 4.30. The van der Waals surface area contributed by atoms with Crippen molar-refractivity contribution in [3.63, 3.8) is 0 Å². The van der Waals surface area contributed by atoms with Crippen LogP contribution in [0.3, 0.4) is 0 Å². The lowest BCUT2D eigenvalue weighted by atomic mass is 10.1. The summed E-state index contributed by atoms with van der Waals surface area (Å²) in [4.78, 5) is 12.8. The number of sulfonamides is 1. The van der Waals surface area contributed by atoms with Crippen LogP contribution in [0, 0.1) is 6.92 Å². The Labute approximate surface area is 167 Å². The predicted molar refractivity (Wildman–Crippen MR) is 111 cm³/mol. The standard InChI is InChI=1S/C21H28N2O4S/c1-5-13-27-18-11-12-20(16(4)14-18)22-21(24)17-9-8-10-19(15-17)28(25,26)23(6-2)7-3/h8-12,14-15H,5-7,13H2,1-4H3,(H,22,24). The first-order chi connectivity index (χ1) is 13.3. The Balaban J connectivity index is 2.22. The molecule has 2 aromatic rings. The number of carbonyl (C=O) groups excluding carboxylic acids is 1. The highest BCUT2D eigenvalue weighted by Crippen LogP contribution is 2.23. The van der Waals surface area contributed by atoms with Crippen molar-refractivity contribution < 1.29 is 17.9 Å². The molecule has 6 nitrogen and oxygen atoms in total. The van der Waals surface area contributed by atoms with Gasteiger partial charge in [0.1, 0.15) is 5.75 Å². The van der Waals surface area contributed by atoms with Crippen molar-refractivity contribution in [2.45, 2.75) is 39.0 Å². The van der Waals surface area contributed by atoms with Gasteiger partial charge in [-0.3, -0.25) is 4.79 Å². The summed E-state index contributed by atoms with van der Waals surface area (Å²) in [5.74, 6) is 0.395. The second kappa shape index (κ2) is 9.71. The van der Waals surface area contributed by atoms with Crippen molar-refractivity contribution in [3.05, 3.63) is 53.6 Å². The van der Waals surface area contributed by atoms with Gasteiger partial charge >= 0.3 is 0 Å². The molecular formula is C21H28N2O4S. The molecule has 0 heterocycles. The maximum atomic E-state index is 12.7. The van der Waals surface area contributed by atoms with Crippen LogP contribution >= 0.6 is 0 Å². The smallest absolute Gasteiger partial charge is 0.255 e. The maximum absolute atomic E-state index is 12.7. The van der Waals surface area contributed by atoms with E-state index in [0.717, 1.165) is 17.7 Å². The molecule has 0 radical (unpaired) electrons. The molecule has 0 bridgehead atoms. The zero-order valence-electron chi connectivity index (χ0n) is 16.9. The van der Waals surface area contributed by atoms with Crippen LogP contribution in [0.4, 0.5) is 5.69 Å². The van der Waals surface area contributed by atoms with E-state index in [2.05, 4.69) is 5.32 Å². The Morgan fingerprint density at radius 2 is 1.79 bits per heavy atom. The third-order valence-electron chi connectivity index (χ3n) is 4.36. The van der Waals surface area contributed by atoms with Crippen LogP contribution in [0.15, 0.2) is 47.4 Å². The number of aryl methyl sites for hydroxylation is 1. The van der Waals surface area contributed by atoms with Gasteiger partial charge in [-0.05, 0) is 55.3 Å². The van der Waals surface area contributed by atoms with Gasteiger partial charge in [0.15, 0.2) is 0 Å². The Kier molecular flexibility index (Phi) is 7.60. The normalized spacial score (nSPS) is 11.5. The Morgan fingerprint density at radius 3 is 2.39 bits per heavy atom. The van der Waals surface area contributed by atoms with E-state index >= 15 is 0 Å². The molecule has 1 N–H and O–H groups in total. The Morgan fingerprint density at radius 1 is 1.07 bits per heavy atom. The van der Waals surface area contributed by atoms with Gasteiger partial charge in [-0.25, -0.2) is 8.42 Å². The largest absolute Gasteiger partial charge is 0.494 e. The van der Waals surface area contributed by atoms with Crippen molar-refractivity contribution in [1.82, 2.24) is 4.31 Å². The third kappa shape index (κ3) is 5.11. The summed E-state index contributed by atoms with van der Waals surface area (Å²) >= 11 is 0. The number of rotatable bonds is 9. The van der Waals surface area contributed by atoms with Gasteiger partial charge in [0.2, 0.25) is 10.0 Å². The van der Waals surface area contributed by atoms with Crippen LogP contribution < -0.4 is 10.1 Å². The summed E-state index contributed by atoms with van der Waals surface area (Å²) in [6.45, 7) is 8.88. The van der Waals surface area contributed by atoms with E-state index in [1.807, 2.05) is 19.9 Å². The van der Waals surface area contributed by atoms with Gasteiger partial charge in [0, 0.05) is 24.3 Å². The van der Waals surface area contributed by atoms with Crippen molar-refractivity contribution >= 4 is 21.6 Å². The molecule has 0 saturated heterocycles. The molecular weight excluding hydrogens is 376 g/mol. The first kappa shape index (κ1) is 21.9. The van der Waals surface area contributed by atoms with Crippen LogP contribution in [0.25, 0.3) is 0 Å². The third-order valence-corrected chi connectivity index (χ3v) is 6.40. The minimum atomic E-state index is -3.62. The summed E-state index contributed by atoms with van der Waals surface area (Å²) in [5.41, 5.74) is 1.82. The number of hydrogen-bond acceptors (Lipinski definition) is 4. The van der Waals surface area contributed by atoms with Gasteiger partial charge in [0.25, 0.3) is 5.91 Å². The number of nitrogens with zero attached hydrogens (tertiary/aromatic N) is 1. The summed E-state index contributed by atoms with van der Waals surface area (Å²) in [5, 5.41) is 2.84. The predicted octanol–water partition coefficient (Wildman–Crippen LogP) is 4.07. The number of nitrogens with one attached hydrogen (secondary N) is 1. The molecule has 0 saturated carbocycles. The zero-order valence-corrected chi connectivity index (χ0v) is 17.7. The first-order valence-corrected chi connectivity index (χ1v) is 10.9. The van der Waals surface area contributed by atoms with Crippen molar-refractivity contribution in [2.24, 2.45) is 0 Å². The summed E-state index contributed by atoms with van der Waals surface area (Å²) in [7, 11) is -3.62. The Bertz CT molecular complexity index is 922.